The fourth-order valence-corrected chi connectivity index (χ4v) is 2.57. The molecule has 5 heteroatoms. The molecule has 0 amide bonds. The van der Waals surface area contributed by atoms with E-state index in [-0.39, 0.29) is 6.61 Å². The van der Waals surface area contributed by atoms with Gasteiger partial charge in [0.05, 0.1) is 13.2 Å². The molecule has 0 aliphatic heterocycles. The van der Waals surface area contributed by atoms with Crippen LogP contribution in [0.15, 0.2) is 46.9 Å². The highest BCUT2D eigenvalue weighted by Gasteiger charge is 2.08. The van der Waals surface area contributed by atoms with Crippen LogP contribution in [0.25, 0.3) is 0 Å². The highest BCUT2D eigenvalue weighted by atomic mass is 79.9. The third-order valence-corrected chi connectivity index (χ3v) is 3.92. The van der Waals surface area contributed by atoms with E-state index in [1.54, 1.807) is 0 Å². The topological polar surface area (TPSA) is 46.1 Å². The lowest BCUT2D eigenvalue weighted by atomic mass is 10.2. The monoisotopic (exact) mass is 370 g/mol. The molecule has 21 heavy (non-hydrogen) atoms. The number of benzene rings is 2. The molecule has 2 aromatic carbocycles. The Labute approximate surface area is 138 Å². The van der Waals surface area contributed by atoms with Crippen LogP contribution in [0.4, 0.5) is 0 Å². The van der Waals surface area contributed by atoms with Gasteiger partial charge in [0.15, 0.2) is 0 Å². The molecule has 0 aliphatic rings. The second-order valence-electron chi connectivity index (χ2n) is 4.64. The summed E-state index contributed by atoms with van der Waals surface area (Å²) in [6, 6.07) is 13.6. The van der Waals surface area contributed by atoms with Gasteiger partial charge in [0.1, 0.15) is 18.9 Å². The Morgan fingerprint density at radius 3 is 2.71 bits per heavy atom. The summed E-state index contributed by atoms with van der Waals surface area (Å²) in [5.74, 6) is 0.840. The molecule has 0 heterocycles. The van der Waals surface area contributed by atoms with Gasteiger partial charge in [0, 0.05) is 20.6 Å². The van der Waals surface area contributed by atoms with Crippen LogP contribution in [0.3, 0.4) is 0 Å². The molecule has 0 bridgehead atoms. The Morgan fingerprint density at radius 2 is 1.95 bits per heavy atom. The predicted octanol–water partition coefficient (Wildman–Crippen LogP) is 2.74. The van der Waals surface area contributed by atoms with Gasteiger partial charge in [-0.2, -0.15) is 0 Å². The van der Waals surface area contributed by atoms with E-state index in [0.717, 1.165) is 27.9 Å². The molecule has 0 spiro atoms. The molecule has 0 radical (unpaired) electrons. The second-order valence-corrected chi connectivity index (χ2v) is 5.96. The molecular formula is C16H18BrClNO2+. The molecule has 2 aromatic rings. The number of aliphatic hydroxyl groups excluding tert-OH is 1. The van der Waals surface area contributed by atoms with Gasteiger partial charge in [0.25, 0.3) is 0 Å². The zero-order valence-corrected chi connectivity index (χ0v) is 13.9. The number of nitrogens with two attached hydrogens (primary N) is 1. The van der Waals surface area contributed by atoms with Crippen molar-refractivity contribution in [3.8, 4) is 5.75 Å². The van der Waals surface area contributed by atoms with Crippen molar-refractivity contribution in [2.75, 3.05) is 13.2 Å². The van der Waals surface area contributed by atoms with Crippen molar-refractivity contribution in [1.82, 2.24) is 0 Å². The molecule has 3 N–H and O–H groups in total. The molecule has 0 unspecified atom stereocenters. The summed E-state index contributed by atoms with van der Waals surface area (Å²) in [6.07, 6.45) is 0. The van der Waals surface area contributed by atoms with Gasteiger partial charge in [-0.15, -0.1) is 0 Å². The number of ether oxygens (including phenoxy) is 1. The number of hydrogen-bond donors (Lipinski definition) is 2. The maximum absolute atomic E-state index is 8.86. The molecule has 3 nitrogen and oxygen atoms in total. The Hall–Kier alpha value is -1.07. The molecule has 0 saturated heterocycles. The van der Waals surface area contributed by atoms with Crippen molar-refractivity contribution >= 4 is 27.5 Å². The van der Waals surface area contributed by atoms with Crippen molar-refractivity contribution in [2.24, 2.45) is 0 Å². The SMILES string of the molecule is OCC[NH2+]Cc1cc(Br)ccc1OCc1ccccc1Cl. The maximum atomic E-state index is 8.86. The van der Waals surface area contributed by atoms with Crippen LogP contribution in [0.2, 0.25) is 5.02 Å². The molecule has 112 valence electrons. The Kier molecular flexibility index (Phi) is 6.51. The van der Waals surface area contributed by atoms with Crippen LogP contribution in [0, 0.1) is 0 Å². The first-order chi connectivity index (χ1) is 10.2. The lowest BCUT2D eigenvalue weighted by molar-refractivity contribution is -0.671. The third kappa shape index (κ3) is 5.00. The van der Waals surface area contributed by atoms with E-state index in [4.69, 9.17) is 21.4 Å². The van der Waals surface area contributed by atoms with Crippen LogP contribution >= 0.6 is 27.5 Å². The van der Waals surface area contributed by atoms with Crippen molar-refractivity contribution in [2.45, 2.75) is 13.2 Å². The van der Waals surface area contributed by atoms with Crippen LogP contribution in [-0.4, -0.2) is 18.3 Å². The summed E-state index contributed by atoms with van der Waals surface area (Å²) < 4.78 is 6.92. The zero-order chi connectivity index (χ0) is 15.1. The summed E-state index contributed by atoms with van der Waals surface area (Å²) >= 11 is 9.61. The number of hydrogen-bond acceptors (Lipinski definition) is 2. The van der Waals surface area contributed by atoms with E-state index in [9.17, 15) is 0 Å². The van der Waals surface area contributed by atoms with Gasteiger partial charge >= 0.3 is 0 Å². The first-order valence-electron chi connectivity index (χ1n) is 6.78. The van der Waals surface area contributed by atoms with Crippen LogP contribution in [0.5, 0.6) is 5.75 Å². The molecule has 2 rings (SSSR count). The maximum Gasteiger partial charge on any atom is 0.128 e. The largest absolute Gasteiger partial charge is 0.488 e. The zero-order valence-electron chi connectivity index (χ0n) is 11.6. The quantitative estimate of drug-likeness (QED) is 0.735. The smallest absolute Gasteiger partial charge is 0.128 e. The second kappa shape index (κ2) is 8.39. The molecule has 0 atom stereocenters. The number of halogens is 2. The van der Waals surface area contributed by atoms with Crippen molar-refractivity contribution in [1.29, 1.82) is 0 Å². The van der Waals surface area contributed by atoms with E-state index in [0.29, 0.717) is 18.2 Å². The van der Waals surface area contributed by atoms with E-state index >= 15 is 0 Å². The summed E-state index contributed by atoms with van der Waals surface area (Å²) in [7, 11) is 0. The van der Waals surface area contributed by atoms with Gasteiger partial charge in [-0.3, -0.25) is 0 Å². The lowest BCUT2D eigenvalue weighted by Gasteiger charge is -2.12. The Balaban J connectivity index is 2.06. The highest BCUT2D eigenvalue weighted by Crippen LogP contribution is 2.24. The van der Waals surface area contributed by atoms with Gasteiger partial charge in [-0.1, -0.05) is 45.7 Å². The van der Waals surface area contributed by atoms with E-state index in [1.807, 2.05) is 47.8 Å². The molecule has 0 fully saturated rings. The third-order valence-electron chi connectivity index (χ3n) is 3.06. The normalized spacial score (nSPS) is 10.6. The minimum absolute atomic E-state index is 0.170. The van der Waals surface area contributed by atoms with Gasteiger partial charge < -0.3 is 15.2 Å². The minimum atomic E-state index is 0.170. The fraction of sp³-hybridized carbons (Fsp3) is 0.250. The van der Waals surface area contributed by atoms with Crippen molar-refractivity contribution in [3.05, 3.63) is 63.1 Å². The van der Waals surface area contributed by atoms with Crippen LogP contribution in [0.1, 0.15) is 11.1 Å². The molecule has 0 aromatic heterocycles. The van der Waals surface area contributed by atoms with Crippen molar-refractivity contribution in [3.63, 3.8) is 0 Å². The minimum Gasteiger partial charge on any atom is -0.488 e. The lowest BCUT2D eigenvalue weighted by Crippen LogP contribution is -2.83. The fourth-order valence-electron chi connectivity index (χ4n) is 1.97. The van der Waals surface area contributed by atoms with Crippen molar-refractivity contribution < 1.29 is 15.2 Å². The molecular weight excluding hydrogens is 354 g/mol. The van der Waals surface area contributed by atoms with Gasteiger partial charge in [-0.25, -0.2) is 0 Å². The summed E-state index contributed by atoms with van der Waals surface area (Å²) in [5.41, 5.74) is 2.05. The first kappa shape index (κ1) is 16.3. The number of aliphatic hydroxyl groups is 1. The van der Waals surface area contributed by atoms with Crippen LogP contribution < -0.4 is 10.1 Å². The standard InChI is InChI=1S/C16H17BrClNO2/c17-14-5-6-16(13(9-14)10-19-7-8-20)21-11-12-3-1-2-4-15(12)18/h1-6,9,19-20H,7-8,10-11H2/p+1. The number of quaternary nitrogens is 1. The first-order valence-corrected chi connectivity index (χ1v) is 7.95. The molecule has 0 aliphatic carbocycles. The Bertz CT molecular complexity index is 592. The average molecular weight is 372 g/mol. The molecule has 0 saturated carbocycles. The highest BCUT2D eigenvalue weighted by molar-refractivity contribution is 9.10. The van der Waals surface area contributed by atoms with Gasteiger partial charge in [-0.05, 0) is 24.3 Å². The van der Waals surface area contributed by atoms with E-state index in [1.165, 1.54) is 0 Å². The van der Waals surface area contributed by atoms with E-state index in [2.05, 4.69) is 15.9 Å². The predicted molar refractivity (Wildman–Crippen MR) is 87.5 cm³/mol. The summed E-state index contributed by atoms with van der Waals surface area (Å²) in [6.45, 7) is 2.05. The summed E-state index contributed by atoms with van der Waals surface area (Å²) in [4.78, 5) is 0. The summed E-state index contributed by atoms with van der Waals surface area (Å²) in [5, 5.41) is 11.6. The van der Waals surface area contributed by atoms with E-state index < -0.39 is 0 Å². The number of rotatable bonds is 7. The average Bonchev–Trinajstić information content (AvgIpc) is 2.48. The van der Waals surface area contributed by atoms with Crippen LogP contribution in [-0.2, 0) is 13.2 Å². The van der Waals surface area contributed by atoms with Gasteiger partial charge in [0.2, 0.25) is 0 Å². The Morgan fingerprint density at radius 1 is 1.14 bits per heavy atom.